The van der Waals surface area contributed by atoms with Gasteiger partial charge in [-0.05, 0) is 55.3 Å². The van der Waals surface area contributed by atoms with Gasteiger partial charge in [-0.15, -0.1) is 0 Å². The van der Waals surface area contributed by atoms with Crippen LogP contribution in [0.25, 0.3) is 0 Å². The number of carbonyl (C=O) groups excluding carboxylic acids is 1. The van der Waals surface area contributed by atoms with Crippen LogP contribution in [0.4, 0.5) is 11.4 Å². The Bertz CT molecular complexity index is 1720. The average Bonchev–Trinajstić information content (AvgIpc) is 3.59. The zero-order valence-electron chi connectivity index (χ0n) is 25.0. The topological polar surface area (TPSA) is 150 Å². The second-order valence-electron chi connectivity index (χ2n) is 9.59. The summed E-state index contributed by atoms with van der Waals surface area (Å²) in [4.78, 5) is 13.4. The van der Waals surface area contributed by atoms with Crippen LogP contribution in [0.5, 0.6) is 28.7 Å². The molecule has 0 unspecified atom stereocenters. The van der Waals surface area contributed by atoms with E-state index in [0.717, 1.165) is 17.1 Å². The predicted molar refractivity (Wildman–Crippen MR) is 163 cm³/mol. The maximum atomic E-state index is 14.2. The number of nitrogens with one attached hydrogen (secondary N) is 1. The minimum absolute atomic E-state index is 0.0223. The van der Waals surface area contributed by atoms with Crippen molar-refractivity contribution in [2.24, 2.45) is 0 Å². The van der Waals surface area contributed by atoms with Gasteiger partial charge in [-0.2, -0.15) is 4.31 Å². The molecule has 0 aliphatic carbocycles. The number of nitrogens with zero attached hydrogens (tertiary/aromatic N) is 2. The van der Waals surface area contributed by atoms with Crippen LogP contribution in [-0.2, 0) is 24.8 Å². The molecular weight excluding hydrogens is 614 g/mol. The van der Waals surface area contributed by atoms with Gasteiger partial charge in [-0.1, -0.05) is 0 Å². The lowest BCUT2D eigenvalue weighted by Gasteiger charge is -2.26. The minimum atomic E-state index is -4.45. The second-order valence-corrected chi connectivity index (χ2v) is 13.4. The van der Waals surface area contributed by atoms with Crippen molar-refractivity contribution < 1.29 is 45.3 Å². The van der Waals surface area contributed by atoms with E-state index in [1.54, 1.807) is 6.07 Å². The van der Waals surface area contributed by atoms with Gasteiger partial charge in [0.1, 0.15) is 23.8 Å². The number of sulfonamides is 2. The molecule has 0 spiro atoms. The number of methoxy groups -OCH3 is 5. The fourth-order valence-corrected chi connectivity index (χ4v) is 7.72. The Balaban J connectivity index is 1.76. The highest BCUT2D eigenvalue weighted by Gasteiger charge is 2.32. The van der Waals surface area contributed by atoms with Crippen LogP contribution in [0.3, 0.4) is 0 Å². The molecule has 44 heavy (non-hydrogen) atoms. The van der Waals surface area contributed by atoms with E-state index in [4.69, 9.17) is 23.7 Å². The number of hydrogen-bond acceptors (Lipinski definition) is 10. The third-order valence-corrected chi connectivity index (χ3v) is 10.7. The SMILES string of the molecule is COc1ccc(OC)c(N(CC(=O)Nc2cc(S(=O)(=O)N3CCCC3)ccc2OC)S(=O)(=O)c2ccc(OC)c(OC)c2)c1. The van der Waals surface area contributed by atoms with Crippen molar-refractivity contribution in [2.75, 3.05) is 64.8 Å². The molecule has 13 nitrogen and oxygen atoms in total. The molecule has 1 saturated heterocycles. The van der Waals surface area contributed by atoms with Crippen molar-refractivity contribution in [3.8, 4) is 28.7 Å². The maximum Gasteiger partial charge on any atom is 0.265 e. The number of carbonyl (C=O) groups is 1. The fourth-order valence-electron chi connectivity index (χ4n) is 4.74. The van der Waals surface area contributed by atoms with Crippen molar-refractivity contribution in [2.45, 2.75) is 22.6 Å². The summed E-state index contributed by atoms with van der Waals surface area (Å²) in [7, 11) is -1.31. The van der Waals surface area contributed by atoms with Gasteiger partial charge >= 0.3 is 0 Å². The first-order chi connectivity index (χ1) is 21.0. The van der Waals surface area contributed by atoms with Gasteiger partial charge in [0, 0.05) is 25.2 Å². The van der Waals surface area contributed by atoms with E-state index < -0.39 is 32.5 Å². The van der Waals surface area contributed by atoms with Crippen LogP contribution in [0.2, 0.25) is 0 Å². The van der Waals surface area contributed by atoms with Gasteiger partial charge in [0.15, 0.2) is 11.5 Å². The summed E-state index contributed by atoms with van der Waals surface area (Å²) in [5, 5.41) is 2.63. The Morgan fingerprint density at radius 3 is 1.93 bits per heavy atom. The lowest BCUT2D eigenvalue weighted by molar-refractivity contribution is -0.114. The fraction of sp³-hybridized carbons (Fsp3) is 0.345. The molecule has 15 heteroatoms. The summed E-state index contributed by atoms with van der Waals surface area (Å²) >= 11 is 0. The first kappa shape index (κ1) is 32.7. The summed E-state index contributed by atoms with van der Waals surface area (Å²) in [6.07, 6.45) is 1.52. The number of anilines is 2. The van der Waals surface area contributed by atoms with Gasteiger partial charge in [0.05, 0.1) is 56.7 Å². The molecule has 0 saturated carbocycles. The predicted octanol–water partition coefficient (Wildman–Crippen LogP) is 3.35. The molecule has 0 aromatic heterocycles. The molecule has 1 fully saturated rings. The normalized spacial score (nSPS) is 13.7. The zero-order chi connectivity index (χ0) is 32.1. The lowest BCUT2D eigenvalue weighted by Crippen LogP contribution is -2.38. The minimum Gasteiger partial charge on any atom is -0.497 e. The molecule has 1 aliphatic rings. The number of hydrogen-bond donors (Lipinski definition) is 1. The molecule has 1 N–H and O–H groups in total. The first-order valence-corrected chi connectivity index (χ1v) is 16.3. The standard InChI is InChI=1S/C29H35N3O10S2/c1-38-20-8-11-26(40-3)24(16-20)32(44(36,37)22-10-13-27(41-4)28(18-22)42-5)19-29(33)30-23-17-21(9-12-25(23)39-2)43(34,35)31-14-6-7-15-31/h8-13,16-18H,6-7,14-15,19H2,1-5H3,(H,30,33). The van der Waals surface area contributed by atoms with Crippen molar-refractivity contribution in [3.63, 3.8) is 0 Å². The van der Waals surface area contributed by atoms with Crippen LogP contribution in [0.1, 0.15) is 12.8 Å². The Hall–Kier alpha value is -4.21. The van der Waals surface area contributed by atoms with Crippen molar-refractivity contribution in [3.05, 3.63) is 54.6 Å². The Kier molecular flexibility index (Phi) is 10.1. The van der Waals surface area contributed by atoms with Crippen LogP contribution < -0.4 is 33.3 Å². The highest BCUT2D eigenvalue weighted by Crippen LogP contribution is 2.38. The van der Waals surface area contributed by atoms with Crippen LogP contribution in [0.15, 0.2) is 64.4 Å². The largest absolute Gasteiger partial charge is 0.497 e. The molecule has 3 aromatic rings. The van der Waals surface area contributed by atoms with Crippen molar-refractivity contribution >= 4 is 37.3 Å². The van der Waals surface area contributed by atoms with Crippen molar-refractivity contribution in [1.82, 2.24) is 4.31 Å². The summed E-state index contributed by atoms with van der Waals surface area (Å²) < 4.78 is 83.6. The summed E-state index contributed by atoms with van der Waals surface area (Å²) in [6, 6.07) is 12.7. The van der Waals surface area contributed by atoms with Gasteiger partial charge in [-0.25, -0.2) is 16.8 Å². The van der Waals surface area contributed by atoms with E-state index in [-0.39, 0.29) is 38.4 Å². The monoisotopic (exact) mass is 649 g/mol. The molecule has 0 atom stereocenters. The highest BCUT2D eigenvalue weighted by molar-refractivity contribution is 7.93. The van der Waals surface area contributed by atoms with E-state index in [2.05, 4.69) is 5.32 Å². The number of ether oxygens (including phenoxy) is 5. The molecule has 0 radical (unpaired) electrons. The van der Waals surface area contributed by atoms with E-state index in [0.29, 0.717) is 24.6 Å². The average molecular weight is 650 g/mol. The van der Waals surface area contributed by atoms with E-state index in [1.165, 1.54) is 88.4 Å². The number of benzene rings is 3. The van der Waals surface area contributed by atoms with Gasteiger partial charge in [-0.3, -0.25) is 9.10 Å². The van der Waals surface area contributed by atoms with Crippen LogP contribution in [0, 0.1) is 0 Å². The Morgan fingerprint density at radius 1 is 0.727 bits per heavy atom. The third kappa shape index (κ3) is 6.64. The number of rotatable bonds is 13. The molecule has 1 aliphatic heterocycles. The van der Waals surface area contributed by atoms with Gasteiger partial charge < -0.3 is 29.0 Å². The quantitative estimate of drug-likeness (QED) is 0.292. The summed E-state index contributed by atoms with van der Waals surface area (Å²) in [5.74, 6) is 0.344. The van der Waals surface area contributed by atoms with E-state index in [1.807, 2.05) is 0 Å². The zero-order valence-corrected chi connectivity index (χ0v) is 26.7. The second kappa shape index (κ2) is 13.6. The van der Waals surface area contributed by atoms with Gasteiger partial charge in [0.2, 0.25) is 15.9 Å². The van der Waals surface area contributed by atoms with E-state index in [9.17, 15) is 21.6 Å². The molecule has 1 amide bonds. The molecule has 1 heterocycles. The Morgan fingerprint density at radius 2 is 1.32 bits per heavy atom. The molecule has 4 rings (SSSR count). The van der Waals surface area contributed by atoms with Crippen molar-refractivity contribution in [1.29, 1.82) is 0 Å². The molecular formula is C29H35N3O10S2. The van der Waals surface area contributed by atoms with E-state index >= 15 is 0 Å². The smallest absolute Gasteiger partial charge is 0.265 e. The molecule has 238 valence electrons. The lowest BCUT2D eigenvalue weighted by atomic mass is 10.2. The summed E-state index contributed by atoms with van der Waals surface area (Å²) in [5.41, 5.74) is 0.0768. The maximum absolute atomic E-state index is 14.2. The van der Waals surface area contributed by atoms with Crippen LogP contribution >= 0.6 is 0 Å². The molecule has 0 bridgehead atoms. The summed E-state index contributed by atoms with van der Waals surface area (Å²) in [6.45, 7) is 0.0786. The first-order valence-electron chi connectivity index (χ1n) is 13.4. The highest BCUT2D eigenvalue weighted by atomic mass is 32.2. The number of amides is 1. The van der Waals surface area contributed by atoms with Gasteiger partial charge in [0.25, 0.3) is 10.0 Å². The molecule has 3 aromatic carbocycles. The Labute approximate surface area is 257 Å². The van der Waals surface area contributed by atoms with Crippen LogP contribution in [-0.4, -0.2) is 82.2 Å². The third-order valence-electron chi connectivity index (χ3n) is 7.03.